The van der Waals surface area contributed by atoms with Gasteiger partial charge in [-0.3, -0.25) is 0 Å². The van der Waals surface area contributed by atoms with Crippen molar-refractivity contribution in [3.05, 3.63) is 46.5 Å². The SMILES string of the molecule is Fc1cc(Br)cc(OCc2ccno2)c1. The van der Waals surface area contributed by atoms with Crippen LogP contribution < -0.4 is 4.74 Å². The Kier molecular flexibility index (Phi) is 3.01. The Morgan fingerprint density at radius 1 is 1.40 bits per heavy atom. The molecule has 3 nitrogen and oxygen atoms in total. The van der Waals surface area contributed by atoms with Gasteiger partial charge in [0.25, 0.3) is 0 Å². The summed E-state index contributed by atoms with van der Waals surface area (Å²) in [7, 11) is 0. The molecule has 0 amide bonds. The van der Waals surface area contributed by atoms with Gasteiger partial charge >= 0.3 is 0 Å². The van der Waals surface area contributed by atoms with E-state index in [0.29, 0.717) is 16.0 Å². The number of halogens is 2. The van der Waals surface area contributed by atoms with Gasteiger partial charge < -0.3 is 9.26 Å². The van der Waals surface area contributed by atoms with Crippen LogP contribution in [0.25, 0.3) is 0 Å². The van der Waals surface area contributed by atoms with Crippen LogP contribution in [0.3, 0.4) is 0 Å². The molecule has 15 heavy (non-hydrogen) atoms. The van der Waals surface area contributed by atoms with E-state index in [1.54, 1.807) is 12.1 Å². The number of rotatable bonds is 3. The average molecular weight is 272 g/mol. The Labute approximate surface area is 94.0 Å². The highest BCUT2D eigenvalue weighted by Gasteiger charge is 2.02. The first kappa shape index (κ1) is 10.2. The van der Waals surface area contributed by atoms with Crippen LogP contribution in [0.2, 0.25) is 0 Å². The summed E-state index contributed by atoms with van der Waals surface area (Å²) in [5, 5.41) is 3.53. The van der Waals surface area contributed by atoms with E-state index in [1.165, 1.54) is 18.3 Å². The zero-order chi connectivity index (χ0) is 10.7. The minimum Gasteiger partial charge on any atom is -0.485 e. The number of nitrogens with zero attached hydrogens (tertiary/aromatic N) is 1. The van der Waals surface area contributed by atoms with Crippen molar-refractivity contribution in [3.63, 3.8) is 0 Å². The quantitative estimate of drug-likeness (QED) is 0.860. The molecule has 1 heterocycles. The summed E-state index contributed by atoms with van der Waals surface area (Å²) in [5.74, 6) is 0.686. The first-order valence-electron chi connectivity index (χ1n) is 4.22. The maximum atomic E-state index is 12.9. The highest BCUT2D eigenvalue weighted by Crippen LogP contribution is 2.21. The molecule has 0 aliphatic rings. The Hall–Kier alpha value is -1.36. The molecule has 2 aromatic rings. The van der Waals surface area contributed by atoms with Gasteiger partial charge in [0, 0.05) is 16.6 Å². The predicted molar refractivity (Wildman–Crippen MR) is 54.9 cm³/mol. The monoisotopic (exact) mass is 271 g/mol. The van der Waals surface area contributed by atoms with Gasteiger partial charge in [-0.05, 0) is 12.1 Å². The summed E-state index contributed by atoms with van der Waals surface area (Å²) in [4.78, 5) is 0. The summed E-state index contributed by atoms with van der Waals surface area (Å²) in [6.45, 7) is 0.232. The molecule has 1 aromatic heterocycles. The topological polar surface area (TPSA) is 35.3 Å². The van der Waals surface area contributed by atoms with Crippen LogP contribution in [-0.2, 0) is 6.61 Å². The van der Waals surface area contributed by atoms with E-state index < -0.39 is 0 Å². The van der Waals surface area contributed by atoms with Crippen LogP contribution >= 0.6 is 15.9 Å². The smallest absolute Gasteiger partial charge is 0.174 e. The molecule has 1 aromatic carbocycles. The molecule has 0 radical (unpaired) electrons. The largest absolute Gasteiger partial charge is 0.485 e. The fourth-order valence-electron chi connectivity index (χ4n) is 1.08. The third kappa shape index (κ3) is 2.79. The van der Waals surface area contributed by atoms with Gasteiger partial charge in [-0.1, -0.05) is 21.1 Å². The first-order valence-corrected chi connectivity index (χ1v) is 5.02. The second-order valence-corrected chi connectivity index (χ2v) is 3.79. The van der Waals surface area contributed by atoms with Crippen LogP contribution in [0, 0.1) is 5.82 Å². The molecular formula is C10H7BrFNO2. The molecule has 0 unspecified atom stereocenters. The lowest BCUT2D eigenvalue weighted by molar-refractivity contribution is 0.248. The molecular weight excluding hydrogens is 265 g/mol. The van der Waals surface area contributed by atoms with Crippen molar-refractivity contribution in [2.24, 2.45) is 0 Å². The van der Waals surface area contributed by atoms with E-state index in [-0.39, 0.29) is 12.4 Å². The maximum Gasteiger partial charge on any atom is 0.174 e. The van der Waals surface area contributed by atoms with Crippen molar-refractivity contribution in [1.29, 1.82) is 0 Å². The van der Waals surface area contributed by atoms with Gasteiger partial charge in [0.15, 0.2) is 5.76 Å². The summed E-state index contributed by atoms with van der Waals surface area (Å²) >= 11 is 3.18. The van der Waals surface area contributed by atoms with E-state index in [2.05, 4.69) is 21.1 Å². The van der Waals surface area contributed by atoms with Crippen LogP contribution in [0.1, 0.15) is 5.76 Å². The Bertz CT molecular complexity index is 424. The highest BCUT2D eigenvalue weighted by atomic mass is 79.9. The third-order valence-corrected chi connectivity index (χ3v) is 2.17. The predicted octanol–water partition coefficient (Wildman–Crippen LogP) is 3.16. The van der Waals surface area contributed by atoms with Gasteiger partial charge in [-0.15, -0.1) is 0 Å². The van der Waals surface area contributed by atoms with E-state index in [1.807, 2.05) is 0 Å². The molecule has 5 heteroatoms. The van der Waals surface area contributed by atoms with Crippen LogP contribution in [0.4, 0.5) is 4.39 Å². The number of aromatic nitrogens is 1. The lowest BCUT2D eigenvalue weighted by Crippen LogP contribution is -1.94. The van der Waals surface area contributed by atoms with Crippen molar-refractivity contribution in [3.8, 4) is 5.75 Å². The zero-order valence-electron chi connectivity index (χ0n) is 7.61. The molecule has 0 aliphatic heterocycles. The van der Waals surface area contributed by atoms with E-state index in [9.17, 15) is 4.39 Å². The molecule has 0 N–H and O–H groups in total. The normalized spacial score (nSPS) is 10.3. The lowest BCUT2D eigenvalue weighted by atomic mass is 10.3. The van der Waals surface area contributed by atoms with Crippen LogP contribution in [0.5, 0.6) is 5.75 Å². The zero-order valence-corrected chi connectivity index (χ0v) is 9.20. The van der Waals surface area contributed by atoms with Gasteiger partial charge in [0.2, 0.25) is 0 Å². The standard InChI is InChI=1S/C10H7BrFNO2/c11-7-3-8(12)5-10(4-7)14-6-9-1-2-13-15-9/h1-5H,6H2. The number of ether oxygens (including phenoxy) is 1. The number of hydrogen-bond donors (Lipinski definition) is 0. The minimum atomic E-state index is -0.350. The van der Waals surface area contributed by atoms with Crippen molar-refractivity contribution >= 4 is 15.9 Å². The molecule has 0 aliphatic carbocycles. The van der Waals surface area contributed by atoms with Crippen molar-refractivity contribution in [1.82, 2.24) is 5.16 Å². The van der Waals surface area contributed by atoms with Crippen molar-refractivity contribution in [2.45, 2.75) is 6.61 Å². The number of hydrogen-bond acceptors (Lipinski definition) is 3. The average Bonchev–Trinajstić information content (AvgIpc) is 2.65. The molecule has 2 rings (SSSR count). The van der Waals surface area contributed by atoms with Gasteiger partial charge in [0.1, 0.15) is 18.2 Å². The van der Waals surface area contributed by atoms with Gasteiger partial charge in [0.05, 0.1) is 6.20 Å². The van der Waals surface area contributed by atoms with E-state index in [4.69, 9.17) is 9.26 Å². The molecule has 0 fully saturated rings. The fraction of sp³-hybridized carbons (Fsp3) is 0.100. The van der Waals surface area contributed by atoms with Crippen molar-refractivity contribution < 1.29 is 13.7 Å². The minimum absolute atomic E-state index is 0.232. The van der Waals surface area contributed by atoms with Crippen LogP contribution in [0.15, 0.2) is 39.5 Å². The molecule has 78 valence electrons. The second kappa shape index (κ2) is 4.44. The first-order chi connectivity index (χ1) is 7.24. The molecule has 0 bridgehead atoms. The molecule has 0 spiro atoms. The molecule has 0 saturated heterocycles. The summed E-state index contributed by atoms with van der Waals surface area (Å²) in [6, 6.07) is 6.04. The number of benzene rings is 1. The van der Waals surface area contributed by atoms with E-state index in [0.717, 1.165) is 0 Å². The second-order valence-electron chi connectivity index (χ2n) is 2.87. The highest BCUT2D eigenvalue weighted by molar-refractivity contribution is 9.10. The van der Waals surface area contributed by atoms with Crippen molar-refractivity contribution in [2.75, 3.05) is 0 Å². The van der Waals surface area contributed by atoms with Crippen LogP contribution in [-0.4, -0.2) is 5.16 Å². The lowest BCUT2D eigenvalue weighted by Gasteiger charge is -2.04. The summed E-state index contributed by atoms with van der Waals surface area (Å²) < 4.78 is 23.7. The third-order valence-electron chi connectivity index (χ3n) is 1.71. The van der Waals surface area contributed by atoms with Gasteiger partial charge in [-0.25, -0.2) is 4.39 Å². The Morgan fingerprint density at radius 2 is 2.27 bits per heavy atom. The summed E-state index contributed by atoms with van der Waals surface area (Å²) in [6.07, 6.45) is 1.53. The van der Waals surface area contributed by atoms with Gasteiger partial charge in [-0.2, -0.15) is 0 Å². The molecule has 0 saturated carbocycles. The summed E-state index contributed by atoms with van der Waals surface area (Å²) in [5.41, 5.74) is 0. The fourth-order valence-corrected chi connectivity index (χ4v) is 1.53. The molecule has 0 atom stereocenters. The Balaban J connectivity index is 2.05. The Morgan fingerprint density at radius 3 is 2.93 bits per heavy atom. The maximum absolute atomic E-state index is 12.9. The van der Waals surface area contributed by atoms with E-state index >= 15 is 0 Å².